The van der Waals surface area contributed by atoms with Crippen LogP contribution in [0.4, 0.5) is 0 Å². The molecular weight excluding hydrogens is 402 g/mol. The highest BCUT2D eigenvalue weighted by Crippen LogP contribution is 2.42. The lowest BCUT2D eigenvalue weighted by Crippen LogP contribution is -2.23. The van der Waals surface area contributed by atoms with Crippen molar-refractivity contribution in [2.45, 2.75) is 65.7 Å². The van der Waals surface area contributed by atoms with Crippen LogP contribution in [0.25, 0.3) is 11.4 Å². The molecule has 3 nitrogen and oxygen atoms in total. The Kier molecular flexibility index (Phi) is 7.17. The fourth-order valence-electron chi connectivity index (χ4n) is 4.67. The van der Waals surface area contributed by atoms with Gasteiger partial charge in [-0.1, -0.05) is 55.8 Å². The molecule has 1 aliphatic carbocycles. The molecule has 0 bridgehead atoms. The number of rotatable bonds is 6. The van der Waals surface area contributed by atoms with E-state index in [4.69, 9.17) is 9.97 Å². The van der Waals surface area contributed by atoms with Crippen LogP contribution in [0.1, 0.15) is 68.2 Å². The number of aromatic nitrogens is 3. The van der Waals surface area contributed by atoms with E-state index in [0.717, 1.165) is 60.6 Å². The number of hydrogen-bond donors (Lipinski definition) is 0. The van der Waals surface area contributed by atoms with Crippen LogP contribution in [-0.2, 0) is 6.42 Å². The molecular formula is C30H35N3. The Hall–Kier alpha value is -3.07. The highest BCUT2D eigenvalue weighted by Gasteiger charge is 2.30. The first-order chi connectivity index (χ1) is 15.9. The van der Waals surface area contributed by atoms with Crippen molar-refractivity contribution in [2.24, 2.45) is 5.41 Å². The van der Waals surface area contributed by atoms with Gasteiger partial charge in [0.05, 0.1) is 11.4 Å². The van der Waals surface area contributed by atoms with Crippen molar-refractivity contribution < 1.29 is 0 Å². The summed E-state index contributed by atoms with van der Waals surface area (Å²) in [4.78, 5) is 14.3. The molecule has 0 amide bonds. The molecule has 170 valence electrons. The third kappa shape index (κ3) is 6.04. The molecule has 1 atom stereocenters. The van der Waals surface area contributed by atoms with Gasteiger partial charge in [-0.2, -0.15) is 0 Å². The molecule has 0 N–H and O–H groups in total. The molecule has 3 heteroatoms. The van der Waals surface area contributed by atoms with Gasteiger partial charge in [-0.15, -0.1) is 0 Å². The highest BCUT2D eigenvalue weighted by atomic mass is 14.8. The third-order valence-corrected chi connectivity index (χ3v) is 6.68. The maximum absolute atomic E-state index is 4.87. The quantitative estimate of drug-likeness (QED) is 0.399. The van der Waals surface area contributed by atoms with Gasteiger partial charge in [0.2, 0.25) is 0 Å². The van der Waals surface area contributed by atoms with Crippen molar-refractivity contribution in [2.75, 3.05) is 0 Å². The van der Waals surface area contributed by atoms with Gasteiger partial charge in [0.1, 0.15) is 0 Å². The second-order valence-electron chi connectivity index (χ2n) is 9.91. The maximum atomic E-state index is 4.87. The van der Waals surface area contributed by atoms with Crippen molar-refractivity contribution in [1.29, 1.82) is 0 Å². The summed E-state index contributed by atoms with van der Waals surface area (Å²) in [5.41, 5.74) is 8.05. The van der Waals surface area contributed by atoms with Crippen LogP contribution >= 0.6 is 0 Å². The Morgan fingerprint density at radius 3 is 2.27 bits per heavy atom. The molecule has 0 aromatic carbocycles. The zero-order valence-corrected chi connectivity index (χ0v) is 20.4. The average molecular weight is 438 g/mol. The van der Waals surface area contributed by atoms with Crippen LogP contribution in [0.15, 0.2) is 78.4 Å². The summed E-state index contributed by atoms with van der Waals surface area (Å²) < 4.78 is 0. The summed E-state index contributed by atoms with van der Waals surface area (Å²) in [5, 5.41) is 0. The average Bonchev–Trinajstić information content (AvgIpc) is 2.79. The van der Waals surface area contributed by atoms with Crippen LogP contribution < -0.4 is 0 Å². The van der Waals surface area contributed by atoms with E-state index in [1.165, 1.54) is 11.3 Å². The SMILES string of the molecule is Cc1cccc(-c2cccc(CCC/C3=C/C=C\C(c4cccc(C)n4)C(C)(C)CC3)n2)n1. The molecule has 3 heterocycles. The van der Waals surface area contributed by atoms with E-state index in [1.807, 2.05) is 25.1 Å². The fraction of sp³-hybridized carbons (Fsp3) is 0.367. The predicted octanol–water partition coefficient (Wildman–Crippen LogP) is 7.56. The minimum atomic E-state index is 0.174. The van der Waals surface area contributed by atoms with E-state index in [0.29, 0.717) is 5.92 Å². The second kappa shape index (κ2) is 10.2. The first-order valence-corrected chi connectivity index (χ1v) is 12.1. The Bertz CT molecular complexity index is 1160. The zero-order valence-electron chi connectivity index (χ0n) is 20.4. The molecule has 3 aromatic heterocycles. The van der Waals surface area contributed by atoms with Crippen molar-refractivity contribution >= 4 is 0 Å². The number of hydrogen-bond acceptors (Lipinski definition) is 3. The molecule has 0 spiro atoms. The van der Waals surface area contributed by atoms with E-state index < -0.39 is 0 Å². The van der Waals surface area contributed by atoms with E-state index in [-0.39, 0.29) is 5.41 Å². The van der Waals surface area contributed by atoms with Crippen LogP contribution in [0.3, 0.4) is 0 Å². The van der Waals surface area contributed by atoms with E-state index in [9.17, 15) is 0 Å². The van der Waals surface area contributed by atoms with Crippen molar-refractivity contribution in [1.82, 2.24) is 15.0 Å². The minimum Gasteiger partial charge on any atom is -0.258 e. The Morgan fingerprint density at radius 2 is 1.52 bits per heavy atom. The van der Waals surface area contributed by atoms with E-state index in [1.54, 1.807) is 0 Å². The van der Waals surface area contributed by atoms with E-state index in [2.05, 4.69) is 80.4 Å². The number of allylic oxidation sites excluding steroid dienone is 4. The molecule has 0 fully saturated rings. The fourth-order valence-corrected chi connectivity index (χ4v) is 4.67. The van der Waals surface area contributed by atoms with Crippen LogP contribution in [0, 0.1) is 19.3 Å². The second-order valence-corrected chi connectivity index (χ2v) is 9.91. The Labute approximate surface area is 198 Å². The van der Waals surface area contributed by atoms with Gasteiger partial charge < -0.3 is 0 Å². The normalized spacial score (nSPS) is 20.4. The number of nitrogens with zero attached hydrogens (tertiary/aromatic N) is 3. The summed E-state index contributed by atoms with van der Waals surface area (Å²) in [5.74, 6) is 0.345. The summed E-state index contributed by atoms with van der Waals surface area (Å²) in [6.07, 6.45) is 12.5. The van der Waals surface area contributed by atoms with Gasteiger partial charge >= 0.3 is 0 Å². The molecule has 0 saturated heterocycles. The summed E-state index contributed by atoms with van der Waals surface area (Å²) in [6.45, 7) is 8.85. The smallest absolute Gasteiger partial charge is 0.0889 e. The standard InChI is InChI=1S/C30H35N3/c1-22-10-5-17-27(31-22)26-16-8-13-24(20-21-30(26,3)4)12-7-14-25-15-9-19-29(33-25)28-18-6-11-23(2)32-28/h5-6,8-11,13,15-19,26H,7,12,14,20-21H2,1-4H3/b16-8-,24-13-. The molecule has 4 rings (SSSR count). The van der Waals surface area contributed by atoms with Crippen LogP contribution in [0.2, 0.25) is 0 Å². The topological polar surface area (TPSA) is 38.7 Å². The minimum absolute atomic E-state index is 0.174. The Balaban J connectivity index is 1.40. The van der Waals surface area contributed by atoms with Crippen LogP contribution in [0.5, 0.6) is 0 Å². The summed E-state index contributed by atoms with van der Waals surface area (Å²) in [7, 11) is 0. The van der Waals surface area contributed by atoms with E-state index >= 15 is 0 Å². The zero-order chi connectivity index (χ0) is 23.3. The van der Waals surface area contributed by atoms with Crippen molar-refractivity contribution in [3.63, 3.8) is 0 Å². The molecule has 0 radical (unpaired) electrons. The van der Waals surface area contributed by atoms with Gasteiger partial charge in [0.25, 0.3) is 0 Å². The maximum Gasteiger partial charge on any atom is 0.0889 e. The molecule has 1 aliphatic rings. The Morgan fingerprint density at radius 1 is 0.818 bits per heavy atom. The van der Waals surface area contributed by atoms with Crippen molar-refractivity contribution in [3.05, 3.63) is 101 Å². The largest absolute Gasteiger partial charge is 0.258 e. The molecule has 3 aromatic rings. The monoisotopic (exact) mass is 437 g/mol. The van der Waals surface area contributed by atoms with Crippen molar-refractivity contribution in [3.8, 4) is 11.4 Å². The molecule has 1 unspecified atom stereocenters. The van der Waals surface area contributed by atoms with Gasteiger partial charge in [-0.3, -0.25) is 15.0 Å². The molecule has 33 heavy (non-hydrogen) atoms. The first-order valence-electron chi connectivity index (χ1n) is 12.1. The van der Waals surface area contributed by atoms with Gasteiger partial charge in [-0.25, -0.2) is 0 Å². The molecule has 0 aliphatic heterocycles. The lowest BCUT2D eigenvalue weighted by molar-refractivity contribution is 0.291. The lowest BCUT2D eigenvalue weighted by Gasteiger charge is -2.34. The summed E-state index contributed by atoms with van der Waals surface area (Å²) >= 11 is 0. The predicted molar refractivity (Wildman–Crippen MR) is 137 cm³/mol. The number of aryl methyl sites for hydroxylation is 3. The van der Waals surface area contributed by atoms with Gasteiger partial charge in [0, 0.05) is 28.7 Å². The van der Waals surface area contributed by atoms with Crippen LogP contribution in [-0.4, -0.2) is 15.0 Å². The third-order valence-electron chi connectivity index (χ3n) is 6.68. The number of pyridine rings is 3. The highest BCUT2D eigenvalue weighted by molar-refractivity contribution is 5.54. The first kappa shape index (κ1) is 23.1. The van der Waals surface area contributed by atoms with Gasteiger partial charge in [-0.05, 0) is 87.8 Å². The summed E-state index contributed by atoms with van der Waals surface area (Å²) in [6, 6.07) is 18.7. The van der Waals surface area contributed by atoms with Gasteiger partial charge in [0.15, 0.2) is 0 Å². The lowest BCUT2D eigenvalue weighted by atomic mass is 9.71. The molecule has 0 saturated carbocycles.